The summed E-state index contributed by atoms with van der Waals surface area (Å²) in [5.74, 6) is 1.59. The van der Waals surface area contributed by atoms with E-state index >= 15 is 0 Å². The Morgan fingerprint density at radius 2 is 0.797 bits per heavy atom. The van der Waals surface area contributed by atoms with Gasteiger partial charge in [0.2, 0.25) is 11.9 Å². The second-order valence-corrected chi connectivity index (χ2v) is 16.4. The van der Waals surface area contributed by atoms with Crippen LogP contribution in [0.5, 0.6) is 0 Å². The van der Waals surface area contributed by atoms with Crippen LogP contribution in [0, 0.1) is 0 Å². The standard InChI is InChI=1S/C57H34N6O/c1-3-15-35(16-4-1)36-28-30-48-44(33-36)39-19-7-11-23-45(39)62(48)56-58-55(37-27-29-41-40-20-10-14-26-51(40)64-52(41)34-37)59-57(60-56)63-47-25-13-9-22-43(47)54-50(63)32-31-49-53(54)42-21-8-12-24-46(42)61(49)38-17-5-2-6-18-38/h1-34H. The second kappa shape index (κ2) is 13.3. The number of benzene rings is 9. The summed E-state index contributed by atoms with van der Waals surface area (Å²) in [5.41, 5.74) is 12.2. The molecule has 0 saturated heterocycles. The summed E-state index contributed by atoms with van der Waals surface area (Å²) in [6, 6.07) is 72.5. The number of hydrogen-bond acceptors (Lipinski definition) is 4. The van der Waals surface area contributed by atoms with Gasteiger partial charge in [-0.1, -0.05) is 133 Å². The maximum Gasteiger partial charge on any atom is 0.240 e. The lowest BCUT2D eigenvalue weighted by molar-refractivity contribution is 0.669. The Balaban J connectivity index is 1.08. The maximum atomic E-state index is 6.42. The first-order chi connectivity index (χ1) is 31.7. The molecule has 0 saturated carbocycles. The third-order valence-electron chi connectivity index (χ3n) is 12.9. The fraction of sp³-hybridized carbons (Fsp3) is 0. The monoisotopic (exact) mass is 818 g/mol. The molecule has 64 heavy (non-hydrogen) atoms. The number of fused-ring (bicyclic) bond motifs is 13. The van der Waals surface area contributed by atoms with Crippen molar-refractivity contribution in [2.24, 2.45) is 0 Å². The summed E-state index contributed by atoms with van der Waals surface area (Å²) in [6.07, 6.45) is 0. The van der Waals surface area contributed by atoms with Crippen LogP contribution >= 0.6 is 0 Å². The molecule has 14 rings (SSSR count). The molecular formula is C57H34N6O. The van der Waals surface area contributed by atoms with E-state index in [-0.39, 0.29) is 0 Å². The van der Waals surface area contributed by atoms with Crippen LogP contribution in [-0.2, 0) is 0 Å². The zero-order chi connectivity index (χ0) is 41.9. The van der Waals surface area contributed by atoms with E-state index in [1.54, 1.807) is 0 Å². The Kier molecular flexibility index (Phi) is 7.27. The topological polar surface area (TPSA) is 66.6 Å². The second-order valence-electron chi connectivity index (χ2n) is 16.4. The van der Waals surface area contributed by atoms with E-state index < -0.39 is 0 Å². The first-order valence-corrected chi connectivity index (χ1v) is 21.5. The highest BCUT2D eigenvalue weighted by Gasteiger charge is 2.24. The fourth-order valence-electron chi connectivity index (χ4n) is 10.1. The van der Waals surface area contributed by atoms with Gasteiger partial charge in [0.05, 0.1) is 33.1 Å². The van der Waals surface area contributed by atoms with Crippen molar-refractivity contribution < 1.29 is 4.42 Å². The molecule has 298 valence electrons. The van der Waals surface area contributed by atoms with E-state index in [1.807, 2.05) is 18.2 Å². The molecule has 0 spiro atoms. The molecule has 0 N–H and O–H groups in total. The van der Waals surface area contributed by atoms with Gasteiger partial charge in [0.1, 0.15) is 11.2 Å². The minimum Gasteiger partial charge on any atom is -0.456 e. The van der Waals surface area contributed by atoms with Crippen LogP contribution < -0.4 is 0 Å². The molecule has 9 aromatic carbocycles. The van der Waals surface area contributed by atoms with Gasteiger partial charge in [-0.3, -0.25) is 9.13 Å². The highest BCUT2D eigenvalue weighted by molar-refractivity contribution is 6.29. The molecule has 0 unspecified atom stereocenters. The van der Waals surface area contributed by atoms with Crippen molar-refractivity contribution in [3.8, 4) is 40.1 Å². The van der Waals surface area contributed by atoms with Gasteiger partial charge < -0.3 is 8.98 Å². The van der Waals surface area contributed by atoms with Crippen LogP contribution in [0.2, 0.25) is 0 Å². The van der Waals surface area contributed by atoms with Crippen LogP contribution in [0.25, 0.3) is 127 Å². The van der Waals surface area contributed by atoms with Crippen LogP contribution in [-0.4, -0.2) is 28.7 Å². The average Bonchev–Trinajstić information content (AvgIpc) is 4.10. The summed E-state index contributed by atoms with van der Waals surface area (Å²) < 4.78 is 13.2. The van der Waals surface area contributed by atoms with Crippen molar-refractivity contribution in [3.05, 3.63) is 206 Å². The summed E-state index contributed by atoms with van der Waals surface area (Å²) >= 11 is 0. The molecule has 0 aliphatic rings. The van der Waals surface area contributed by atoms with E-state index in [2.05, 4.69) is 202 Å². The summed E-state index contributed by atoms with van der Waals surface area (Å²) in [5, 5.41) is 9.01. The van der Waals surface area contributed by atoms with Crippen molar-refractivity contribution in [3.63, 3.8) is 0 Å². The molecule has 0 aliphatic heterocycles. The van der Waals surface area contributed by atoms with E-state index in [0.717, 1.165) is 93.4 Å². The molecule has 0 bridgehead atoms. The first kappa shape index (κ1) is 34.9. The Morgan fingerprint density at radius 1 is 0.297 bits per heavy atom. The number of para-hydroxylation sites is 5. The molecule has 0 aliphatic carbocycles. The largest absolute Gasteiger partial charge is 0.456 e. The van der Waals surface area contributed by atoms with Gasteiger partial charge in [0.25, 0.3) is 0 Å². The van der Waals surface area contributed by atoms with Gasteiger partial charge in [0, 0.05) is 54.3 Å². The Labute approximate surface area is 365 Å². The maximum absolute atomic E-state index is 6.42. The third-order valence-corrected chi connectivity index (χ3v) is 12.9. The molecule has 14 aromatic rings. The van der Waals surface area contributed by atoms with Crippen molar-refractivity contribution in [2.45, 2.75) is 0 Å². The molecule has 0 fully saturated rings. The van der Waals surface area contributed by atoms with Crippen LogP contribution in [0.1, 0.15) is 0 Å². The average molecular weight is 819 g/mol. The molecule has 0 amide bonds. The van der Waals surface area contributed by atoms with Crippen LogP contribution in [0.4, 0.5) is 0 Å². The summed E-state index contributed by atoms with van der Waals surface area (Å²) in [4.78, 5) is 16.3. The lowest BCUT2D eigenvalue weighted by Gasteiger charge is -2.13. The van der Waals surface area contributed by atoms with Crippen molar-refractivity contribution in [2.75, 3.05) is 0 Å². The Bertz CT molecular complexity index is 4190. The van der Waals surface area contributed by atoms with E-state index in [1.165, 1.54) is 16.3 Å². The molecule has 5 heterocycles. The SMILES string of the molecule is c1ccc(-c2ccc3c(c2)c2ccccc2n3-c2nc(-c3ccc4c(c3)oc3ccccc34)nc(-n3c4ccccc4c4c5c6ccccc6n(-c6ccccc6)c5ccc43)n2)cc1. The quantitative estimate of drug-likeness (QED) is 0.173. The van der Waals surface area contributed by atoms with Crippen LogP contribution in [0.15, 0.2) is 211 Å². The van der Waals surface area contributed by atoms with E-state index in [4.69, 9.17) is 19.4 Å². The number of nitrogens with zero attached hydrogens (tertiary/aromatic N) is 6. The summed E-state index contributed by atoms with van der Waals surface area (Å²) in [7, 11) is 0. The van der Waals surface area contributed by atoms with Gasteiger partial charge in [0.15, 0.2) is 5.82 Å². The van der Waals surface area contributed by atoms with E-state index in [0.29, 0.717) is 17.7 Å². The Hall–Kier alpha value is -8.81. The van der Waals surface area contributed by atoms with Crippen molar-refractivity contribution >= 4 is 87.4 Å². The zero-order valence-corrected chi connectivity index (χ0v) is 34.2. The minimum absolute atomic E-state index is 0.522. The molecule has 0 atom stereocenters. The van der Waals surface area contributed by atoms with Crippen LogP contribution in [0.3, 0.4) is 0 Å². The van der Waals surface area contributed by atoms with Gasteiger partial charge >= 0.3 is 0 Å². The predicted octanol–water partition coefficient (Wildman–Crippen LogP) is 14.4. The molecule has 5 aromatic heterocycles. The smallest absolute Gasteiger partial charge is 0.240 e. The van der Waals surface area contributed by atoms with Gasteiger partial charge in [-0.2, -0.15) is 15.0 Å². The predicted molar refractivity (Wildman–Crippen MR) is 261 cm³/mol. The van der Waals surface area contributed by atoms with Crippen molar-refractivity contribution in [1.82, 2.24) is 28.7 Å². The lowest BCUT2D eigenvalue weighted by Crippen LogP contribution is -2.10. The summed E-state index contributed by atoms with van der Waals surface area (Å²) in [6.45, 7) is 0. The zero-order valence-electron chi connectivity index (χ0n) is 34.2. The Morgan fingerprint density at radius 3 is 1.52 bits per heavy atom. The third kappa shape index (κ3) is 5.00. The highest BCUT2D eigenvalue weighted by atomic mass is 16.3. The minimum atomic E-state index is 0.522. The number of rotatable bonds is 5. The van der Waals surface area contributed by atoms with Gasteiger partial charge in [-0.25, -0.2) is 0 Å². The fourth-order valence-corrected chi connectivity index (χ4v) is 10.1. The van der Waals surface area contributed by atoms with Gasteiger partial charge in [-0.05, 0) is 83.9 Å². The van der Waals surface area contributed by atoms with E-state index in [9.17, 15) is 0 Å². The molecular weight excluding hydrogens is 785 g/mol. The number of furan rings is 1. The van der Waals surface area contributed by atoms with Crippen molar-refractivity contribution in [1.29, 1.82) is 0 Å². The molecule has 0 radical (unpaired) electrons. The first-order valence-electron chi connectivity index (χ1n) is 21.5. The van der Waals surface area contributed by atoms with Gasteiger partial charge in [-0.15, -0.1) is 0 Å². The normalized spacial score (nSPS) is 12.1. The highest BCUT2D eigenvalue weighted by Crippen LogP contribution is 2.43. The number of hydrogen-bond donors (Lipinski definition) is 0. The molecule has 7 heteroatoms. The molecule has 7 nitrogen and oxygen atoms in total. The number of aromatic nitrogens is 6. The lowest BCUT2D eigenvalue weighted by atomic mass is 10.0.